The van der Waals surface area contributed by atoms with E-state index >= 15 is 0 Å². The molecule has 1 rings (SSSR count). The van der Waals surface area contributed by atoms with Gasteiger partial charge in [-0.25, -0.2) is 4.79 Å². The van der Waals surface area contributed by atoms with Gasteiger partial charge in [0.1, 0.15) is 0 Å². The summed E-state index contributed by atoms with van der Waals surface area (Å²) < 4.78 is 0.669. The maximum Gasteiger partial charge on any atom is 0.316 e. The van der Waals surface area contributed by atoms with Crippen LogP contribution in [0.15, 0.2) is 22.7 Å². The molecule has 0 aliphatic heterocycles. The van der Waals surface area contributed by atoms with E-state index in [1.807, 2.05) is 0 Å². The second kappa shape index (κ2) is 7.35. The average Bonchev–Trinajstić information content (AvgIpc) is 2.37. The number of carbonyl (C=O) groups is 2. The van der Waals surface area contributed by atoms with Gasteiger partial charge < -0.3 is 15.5 Å². The fourth-order valence-corrected chi connectivity index (χ4v) is 1.86. The molecule has 1 aromatic rings. The molecule has 1 aromatic carbocycles. The molecule has 0 aromatic heterocycles. The largest absolute Gasteiger partial charge is 0.350 e. The number of nitrogens with one attached hydrogen (secondary N) is 2. The van der Waals surface area contributed by atoms with E-state index in [1.54, 1.807) is 32.3 Å². The zero-order valence-corrected chi connectivity index (χ0v) is 13.0. The minimum atomic E-state index is -0.273. The van der Waals surface area contributed by atoms with Crippen molar-refractivity contribution in [2.24, 2.45) is 0 Å². The van der Waals surface area contributed by atoms with Crippen LogP contribution in [-0.2, 0) is 0 Å². The van der Waals surface area contributed by atoms with Crippen molar-refractivity contribution in [1.82, 2.24) is 15.5 Å². The Labute approximate surface area is 125 Å². The Kier molecular flexibility index (Phi) is 6.11. The van der Waals surface area contributed by atoms with E-state index < -0.39 is 0 Å². The maximum atomic E-state index is 11.9. The normalized spacial score (nSPS) is 9.89. The third-order valence-corrected chi connectivity index (χ3v) is 3.59. The van der Waals surface area contributed by atoms with Gasteiger partial charge in [-0.2, -0.15) is 0 Å². The molecular weight excluding hydrogens is 334 g/mol. The zero-order chi connectivity index (χ0) is 14.4. The fourth-order valence-electron chi connectivity index (χ4n) is 1.28. The molecule has 2 N–H and O–H groups in total. The molecule has 0 aliphatic rings. The third-order valence-electron chi connectivity index (χ3n) is 2.29. The Balaban J connectivity index is 2.44. The van der Waals surface area contributed by atoms with E-state index in [0.717, 1.165) is 0 Å². The van der Waals surface area contributed by atoms with E-state index in [2.05, 4.69) is 26.6 Å². The van der Waals surface area contributed by atoms with E-state index in [9.17, 15) is 9.59 Å². The van der Waals surface area contributed by atoms with Crippen molar-refractivity contribution >= 4 is 39.5 Å². The van der Waals surface area contributed by atoms with E-state index in [1.165, 1.54) is 4.90 Å². The first-order chi connectivity index (χ1) is 8.93. The summed E-state index contributed by atoms with van der Waals surface area (Å²) in [7, 11) is 3.30. The van der Waals surface area contributed by atoms with Crippen molar-refractivity contribution in [2.75, 3.05) is 27.2 Å². The first-order valence-corrected chi connectivity index (χ1v) is 6.78. The number of urea groups is 1. The molecule has 5 nitrogen and oxygen atoms in total. The van der Waals surface area contributed by atoms with Crippen molar-refractivity contribution in [3.05, 3.63) is 33.3 Å². The van der Waals surface area contributed by atoms with Crippen molar-refractivity contribution in [1.29, 1.82) is 0 Å². The van der Waals surface area contributed by atoms with Crippen LogP contribution in [0.1, 0.15) is 10.4 Å². The molecule has 0 heterocycles. The van der Waals surface area contributed by atoms with Gasteiger partial charge in [-0.1, -0.05) is 17.7 Å². The molecule has 0 fully saturated rings. The highest BCUT2D eigenvalue weighted by molar-refractivity contribution is 9.10. The summed E-state index contributed by atoms with van der Waals surface area (Å²) in [6.07, 6.45) is 0. The van der Waals surface area contributed by atoms with Gasteiger partial charge in [0.2, 0.25) is 0 Å². The topological polar surface area (TPSA) is 61.4 Å². The predicted octanol–water partition coefficient (Wildman–Crippen LogP) is 2.10. The predicted molar refractivity (Wildman–Crippen MR) is 78.6 cm³/mol. The van der Waals surface area contributed by atoms with Crippen molar-refractivity contribution in [2.45, 2.75) is 0 Å². The SMILES string of the molecule is CN(C)C(=O)NCCNC(=O)c1cccc(Br)c1Cl. The minimum absolute atomic E-state index is 0.199. The second-order valence-electron chi connectivity index (χ2n) is 3.98. The Morgan fingerprint density at radius 2 is 1.89 bits per heavy atom. The number of hydrogen-bond acceptors (Lipinski definition) is 2. The fraction of sp³-hybridized carbons (Fsp3) is 0.333. The van der Waals surface area contributed by atoms with E-state index in [-0.39, 0.29) is 11.9 Å². The van der Waals surface area contributed by atoms with Gasteiger partial charge in [-0.05, 0) is 28.1 Å². The number of rotatable bonds is 4. The van der Waals surface area contributed by atoms with Crippen LogP contribution in [0.3, 0.4) is 0 Å². The molecule has 0 bridgehead atoms. The molecule has 104 valence electrons. The van der Waals surface area contributed by atoms with Crippen LogP contribution in [-0.4, -0.2) is 44.0 Å². The smallest absolute Gasteiger partial charge is 0.316 e. The number of nitrogens with zero attached hydrogens (tertiary/aromatic N) is 1. The number of carbonyl (C=O) groups excluding carboxylic acids is 2. The summed E-state index contributed by atoms with van der Waals surface area (Å²) in [5.74, 6) is -0.273. The number of benzene rings is 1. The van der Waals surface area contributed by atoms with Gasteiger partial charge in [0.05, 0.1) is 10.6 Å². The van der Waals surface area contributed by atoms with Crippen LogP contribution in [0.2, 0.25) is 5.02 Å². The van der Waals surface area contributed by atoms with E-state index in [0.29, 0.717) is 28.1 Å². The molecular formula is C12H15BrClN3O2. The van der Waals surface area contributed by atoms with Crippen LogP contribution in [0.25, 0.3) is 0 Å². The molecule has 0 unspecified atom stereocenters. The van der Waals surface area contributed by atoms with Crippen molar-refractivity contribution in [3.8, 4) is 0 Å². The summed E-state index contributed by atoms with van der Waals surface area (Å²) in [5, 5.41) is 5.70. The third kappa shape index (κ3) is 4.72. The van der Waals surface area contributed by atoms with Gasteiger partial charge >= 0.3 is 6.03 Å². The Hall–Kier alpha value is -1.27. The highest BCUT2D eigenvalue weighted by Gasteiger charge is 2.11. The minimum Gasteiger partial charge on any atom is -0.350 e. The summed E-state index contributed by atoms with van der Waals surface area (Å²) in [6, 6.07) is 4.94. The first-order valence-electron chi connectivity index (χ1n) is 5.61. The summed E-state index contributed by atoms with van der Waals surface area (Å²) >= 11 is 9.27. The summed E-state index contributed by atoms with van der Waals surface area (Å²) in [4.78, 5) is 24.5. The summed E-state index contributed by atoms with van der Waals surface area (Å²) in [6.45, 7) is 0.690. The molecule has 0 saturated carbocycles. The lowest BCUT2D eigenvalue weighted by Gasteiger charge is -2.12. The molecule has 0 aliphatic carbocycles. The van der Waals surface area contributed by atoms with Gasteiger partial charge in [-0.3, -0.25) is 4.79 Å². The van der Waals surface area contributed by atoms with Crippen molar-refractivity contribution < 1.29 is 9.59 Å². The molecule has 0 saturated heterocycles. The van der Waals surface area contributed by atoms with Crippen LogP contribution in [0, 0.1) is 0 Å². The van der Waals surface area contributed by atoms with Crippen LogP contribution in [0.5, 0.6) is 0 Å². The number of amides is 3. The van der Waals surface area contributed by atoms with Crippen LogP contribution < -0.4 is 10.6 Å². The molecule has 0 spiro atoms. The summed E-state index contributed by atoms with van der Waals surface area (Å²) in [5.41, 5.74) is 0.398. The van der Waals surface area contributed by atoms with Gasteiger partial charge in [0.25, 0.3) is 5.91 Å². The molecule has 3 amide bonds. The molecule has 0 atom stereocenters. The Bertz CT molecular complexity index is 480. The number of halogens is 2. The zero-order valence-electron chi connectivity index (χ0n) is 10.7. The van der Waals surface area contributed by atoms with Gasteiger partial charge in [0.15, 0.2) is 0 Å². The molecule has 7 heteroatoms. The van der Waals surface area contributed by atoms with Crippen LogP contribution in [0.4, 0.5) is 4.79 Å². The van der Waals surface area contributed by atoms with Crippen molar-refractivity contribution in [3.63, 3.8) is 0 Å². The first kappa shape index (κ1) is 15.8. The van der Waals surface area contributed by atoms with Crippen LogP contribution >= 0.6 is 27.5 Å². The lowest BCUT2D eigenvalue weighted by atomic mass is 10.2. The monoisotopic (exact) mass is 347 g/mol. The molecule has 19 heavy (non-hydrogen) atoms. The molecule has 0 radical (unpaired) electrons. The quantitative estimate of drug-likeness (QED) is 0.819. The Morgan fingerprint density at radius 3 is 2.53 bits per heavy atom. The standard InChI is InChI=1S/C12H15BrClN3O2/c1-17(2)12(19)16-7-6-15-11(18)8-4-3-5-9(13)10(8)14/h3-5H,6-7H2,1-2H3,(H,15,18)(H,16,19). The lowest BCUT2D eigenvalue weighted by Crippen LogP contribution is -2.39. The number of hydrogen-bond donors (Lipinski definition) is 2. The van der Waals surface area contributed by atoms with E-state index in [4.69, 9.17) is 11.6 Å². The maximum absolute atomic E-state index is 11.9. The van der Waals surface area contributed by atoms with Gasteiger partial charge in [0, 0.05) is 31.7 Å². The lowest BCUT2D eigenvalue weighted by molar-refractivity contribution is 0.0953. The highest BCUT2D eigenvalue weighted by Crippen LogP contribution is 2.25. The van der Waals surface area contributed by atoms with Gasteiger partial charge in [-0.15, -0.1) is 0 Å². The Morgan fingerprint density at radius 1 is 1.26 bits per heavy atom. The second-order valence-corrected chi connectivity index (χ2v) is 5.22. The average molecular weight is 349 g/mol. The highest BCUT2D eigenvalue weighted by atomic mass is 79.9.